The maximum atomic E-state index is 13.3. The summed E-state index contributed by atoms with van der Waals surface area (Å²) in [5.41, 5.74) is -1.72. The zero-order chi connectivity index (χ0) is 16.5. The summed E-state index contributed by atoms with van der Waals surface area (Å²) >= 11 is 0. The number of alkyl halides is 3. The summed E-state index contributed by atoms with van der Waals surface area (Å²) in [6.07, 6.45) is -4.87. The molecule has 0 aliphatic heterocycles. The van der Waals surface area contributed by atoms with Gasteiger partial charge in [0.25, 0.3) is 0 Å². The molecule has 0 aliphatic carbocycles. The zero-order valence-electron chi connectivity index (χ0n) is 10.8. The van der Waals surface area contributed by atoms with Gasteiger partial charge in [0.2, 0.25) is 0 Å². The van der Waals surface area contributed by atoms with E-state index in [2.05, 4.69) is 0 Å². The monoisotopic (exact) mass is 315 g/mol. The first-order valence-electron chi connectivity index (χ1n) is 5.94. The van der Waals surface area contributed by atoms with Gasteiger partial charge in [0.05, 0.1) is 5.56 Å². The Balaban J connectivity index is 2.64. The Morgan fingerprint density at radius 2 is 1.45 bits per heavy atom. The van der Waals surface area contributed by atoms with Crippen molar-refractivity contribution >= 4 is 0 Å². The number of nitrogens with zero attached hydrogens (tertiary/aromatic N) is 1. The largest absolute Gasteiger partial charge is 0.399 e. The summed E-state index contributed by atoms with van der Waals surface area (Å²) in [6, 6.07) is 5.24. The van der Waals surface area contributed by atoms with Crippen LogP contribution in [0, 0.1) is 28.8 Å². The molecule has 114 valence electrons. The number of halogens is 6. The first-order valence-corrected chi connectivity index (χ1v) is 5.94. The van der Waals surface area contributed by atoms with Gasteiger partial charge < -0.3 is 0 Å². The highest BCUT2D eigenvalue weighted by atomic mass is 19.4. The minimum Gasteiger partial charge on any atom is -0.207 e. The molecule has 0 aromatic heterocycles. The van der Waals surface area contributed by atoms with Crippen LogP contribution in [0.3, 0.4) is 0 Å². The van der Waals surface area contributed by atoms with E-state index in [4.69, 9.17) is 5.26 Å². The Bertz CT molecular complexity index is 724. The molecule has 0 radical (unpaired) electrons. The topological polar surface area (TPSA) is 23.8 Å². The second-order valence-corrected chi connectivity index (χ2v) is 4.53. The molecule has 7 heteroatoms. The molecule has 0 bridgehead atoms. The Morgan fingerprint density at radius 3 is 1.95 bits per heavy atom. The van der Waals surface area contributed by atoms with Crippen LogP contribution in [0.4, 0.5) is 26.3 Å². The molecule has 0 spiro atoms. The van der Waals surface area contributed by atoms with Gasteiger partial charge in [-0.25, -0.2) is 13.2 Å². The highest BCUT2D eigenvalue weighted by Crippen LogP contribution is 2.40. The average molecular weight is 315 g/mol. The minimum absolute atomic E-state index is 0.447. The van der Waals surface area contributed by atoms with Crippen LogP contribution in [-0.4, -0.2) is 6.18 Å². The van der Waals surface area contributed by atoms with Crippen molar-refractivity contribution < 1.29 is 26.3 Å². The normalized spacial score (nSPS) is 12.8. The van der Waals surface area contributed by atoms with Gasteiger partial charge in [-0.1, -0.05) is 6.07 Å². The number of rotatable bonds is 2. The Labute approximate surface area is 121 Å². The lowest BCUT2D eigenvalue weighted by Gasteiger charge is -2.21. The SMILES string of the molecule is N#Cc1cc(C(c2cc(F)cc(F)c2)C(F)(F)F)ccc1F. The number of hydrogen-bond donors (Lipinski definition) is 0. The van der Waals surface area contributed by atoms with Crippen LogP contribution in [0.2, 0.25) is 0 Å². The lowest BCUT2D eigenvalue weighted by atomic mass is 9.89. The van der Waals surface area contributed by atoms with Gasteiger partial charge >= 0.3 is 6.18 Å². The standard InChI is InChI=1S/C15H7F6N/c16-11-4-9(5-12(17)6-11)14(15(19,20)21)8-1-2-13(18)10(3-8)7-22/h1-6,14H. The van der Waals surface area contributed by atoms with Crippen molar-refractivity contribution in [2.75, 3.05) is 0 Å². The van der Waals surface area contributed by atoms with Gasteiger partial charge in [-0.3, -0.25) is 0 Å². The molecule has 0 amide bonds. The molecule has 2 aromatic carbocycles. The van der Waals surface area contributed by atoms with Crippen LogP contribution in [0.15, 0.2) is 36.4 Å². The third kappa shape index (κ3) is 3.22. The molecule has 2 aromatic rings. The Hall–Kier alpha value is -2.49. The van der Waals surface area contributed by atoms with Gasteiger partial charge in [0, 0.05) is 6.07 Å². The van der Waals surface area contributed by atoms with Crippen LogP contribution >= 0.6 is 0 Å². The van der Waals surface area contributed by atoms with E-state index in [-0.39, 0.29) is 0 Å². The molecule has 1 unspecified atom stereocenters. The van der Waals surface area contributed by atoms with E-state index in [1.807, 2.05) is 0 Å². The van der Waals surface area contributed by atoms with Crippen molar-refractivity contribution in [3.63, 3.8) is 0 Å². The van der Waals surface area contributed by atoms with Crippen molar-refractivity contribution in [2.24, 2.45) is 0 Å². The molecule has 2 rings (SSSR count). The molecule has 0 fully saturated rings. The Morgan fingerprint density at radius 1 is 0.864 bits per heavy atom. The van der Waals surface area contributed by atoms with Gasteiger partial charge in [0.15, 0.2) is 0 Å². The molecule has 0 saturated carbocycles. The second-order valence-electron chi connectivity index (χ2n) is 4.53. The predicted molar refractivity (Wildman–Crippen MR) is 65.4 cm³/mol. The third-order valence-corrected chi connectivity index (χ3v) is 2.99. The summed E-state index contributed by atoms with van der Waals surface area (Å²) in [4.78, 5) is 0. The smallest absolute Gasteiger partial charge is 0.207 e. The van der Waals surface area contributed by atoms with Crippen LogP contribution in [0.25, 0.3) is 0 Å². The number of nitriles is 1. The van der Waals surface area contributed by atoms with Gasteiger partial charge in [-0.2, -0.15) is 18.4 Å². The molecule has 22 heavy (non-hydrogen) atoms. The van der Waals surface area contributed by atoms with Crippen LogP contribution in [-0.2, 0) is 0 Å². The first kappa shape index (κ1) is 15.9. The number of benzene rings is 2. The van der Waals surface area contributed by atoms with Crippen molar-refractivity contribution in [1.82, 2.24) is 0 Å². The highest BCUT2D eigenvalue weighted by molar-refractivity contribution is 5.41. The fourth-order valence-corrected chi connectivity index (χ4v) is 2.12. The summed E-state index contributed by atoms with van der Waals surface area (Å²) in [5.74, 6) is -5.67. The lowest BCUT2D eigenvalue weighted by Crippen LogP contribution is -2.22. The van der Waals surface area contributed by atoms with Crippen molar-refractivity contribution in [2.45, 2.75) is 12.1 Å². The highest BCUT2D eigenvalue weighted by Gasteiger charge is 2.42. The average Bonchev–Trinajstić information content (AvgIpc) is 2.38. The van der Waals surface area contributed by atoms with Crippen LogP contribution < -0.4 is 0 Å². The third-order valence-electron chi connectivity index (χ3n) is 2.99. The lowest BCUT2D eigenvalue weighted by molar-refractivity contribution is -0.141. The predicted octanol–water partition coefficient (Wildman–Crippen LogP) is 4.67. The van der Waals surface area contributed by atoms with E-state index in [0.717, 1.165) is 12.1 Å². The molecule has 0 aliphatic rings. The summed E-state index contributed by atoms with van der Waals surface area (Å²) < 4.78 is 79.4. The summed E-state index contributed by atoms with van der Waals surface area (Å²) in [7, 11) is 0. The second kappa shape index (κ2) is 5.72. The van der Waals surface area contributed by atoms with Crippen LogP contribution in [0.5, 0.6) is 0 Å². The molecular weight excluding hydrogens is 308 g/mol. The maximum absolute atomic E-state index is 13.3. The molecule has 1 atom stereocenters. The Kier molecular flexibility index (Phi) is 4.13. The zero-order valence-corrected chi connectivity index (χ0v) is 10.8. The van der Waals surface area contributed by atoms with E-state index in [1.54, 1.807) is 0 Å². The van der Waals surface area contributed by atoms with Crippen molar-refractivity contribution in [3.05, 3.63) is 70.5 Å². The molecule has 0 saturated heterocycles. The molecule has 1 nitrogen and oxygen atoms in total. The van der Waals surface area contributed by atoms with Gasteiger partial charge in [0.1, 0.15) is 29.4 Å². The maximum Gasteiger partial charge on any atom is 0.399 e. The van der Waals surface area contributed by atoms with Crippen molar-refractivity contribution in [3.8, 4) is 6.07 Å². The van der Waals surface area contributed by atoms with E-state index in [0.29, 0.717) is 24.3 Å². The first-order chi connectivity index (χ1) is 10.2. The van der Waals surface area contributed by atoms with Crippen molar-refractivity contribution in [1.29, 1.82) is 5.26 Å². The molecule has 0 heterocycles. The quantitative estimate of drug-likeness (QED) is 0.739. The van der Waals surface area contributed by atoms with Gasteiger partial charge in [-0.05, 0) is 35.4 Å². The molecular formula is C15H7F6N. The van der Waals surface area contributed by atoms with Crippen LogP contribution in [0.1, 0.15) is 22.6 Å². The fraction of sp³-hybridized carbons (Fsp3) is 0.133. The van der Waals surface area contributed by atoms with Gasteiger partial charge in [-0.15, -0.1) is 0 Å². The number of hydrogen-bond acceptors (Lipinski definition) is 1. The molecule has 0 N–H and O–H groups in total. The summed E-state index contributed by atoms with van der Waals surface area (Å²) in [5, 5.41) is 8.70. The fourth-order valence-electron chi connectivity index (χ4n) is 2.12. The summed E-state index contributed by atoms with van der Waals surface area (Å²) in [6.45, 7) is 0. The minimum atomic E-state index is -4.87. The van der Waals surface area contributed by atoms with E-state index < -0.39 is 46.2 Å². The van der Waals surface area contributed by atoms with E-state index in [9.17, 15) is 26.3 Å². The van der Waals surface area contributed by atoms with E-state index in [1.165, 1.54) is 6.07 Å². The van der Waals surface area contributed by atoms with E-state index >= 15 is 0 Å².